The summed E-state index contributed by atoms with van der Waals surface area (Å²) < 4.78 is 0. The lowest BCUT2D eigenvalue weighted by Crippen LogP contribution is -2.47. The molecule has 0 radical (unpaired) electrons. The molecule has 1 atom stereocenters. The van der Waals surface area contributed by atoms with Gasteiger partial charge >= 0.3 is 0 Å². The Morgan fingerprint density at radius 1 is 1.17 bits per heavy atom. The van der Waals surface area contributed by atoms with Crippen LogP contribution in [0.4, 0.5) is 0 Å². The summed E-state index contributed by atoms with van der Waals surface area (Å²) in [6.07, 6.45) is 4.72. The molecule has 0 fully saturated rings. The highest BCUT2D eigenvalue weighted by Gasteiger charge is 2.27. The fourth-order valence-corrected chi connectivity index (χ4v) is 2.15. The van der Waals surface area contributed by atoms with Gasteiger partial charge in [-0.2, -0.15) is 0 Å². The Morgan fingerprint density at radius 3 is 2.17 bits per heavy atom. The molecule has 2 heteroatoms. The molecule has 0 aromatic heterocycles. The zero-order valence-corrected chi connectivity index (χ0v) is 11.3. The molecule has 0 saturated carbocycles. The van der Waals surface area contributed by atoms with Gasteiger partial charge in [-0.3, -0.25) is 4.90 Å². The smallest absolute Gasteiger partial charge is 0.0536 e. The summed E-state index contributed by atoms with van der Waals surface area (Å²) in [5.41, 5.74) is 7.44. The minimum Gasteiger partial charge on any atom is -0.320 e. The van der Waals surface area contributed by atoms with Gasteiger partial charge in [0.1, 0.15) is 0 Å². The highest BCUT2D eigenvalue weighted by molar-refractivity contribution is 5.24. The SMILES string of the molecule is C=CCN(CC=C)CC(N)(CC)c1ccccc1. The van der Waals surface area contributed by atoms with E-state index in [1.165, 1.54) is 5.56 Å². The van der Waals surface area contributed by atoms with Crippen molar-refractivity contribution < 1.29 is 0 Å². The maximum Gasteiger partial charge on any atom is 0.0536 e. The molecule has 1 unspecified atom stereocenters. The molecule has 0 bridgehead atoms. The molecule has 0 aliphatic heterocycles. The van der Waals surface area contributed by atoms with E-state index in [0.717, 1.165) is 26.1 Å². The van der Waals surface area contributed by atoms with Gasteiger partial charge in [-0.1, -0.05) is 49.4 Å². The Morgan fingerprint density at radius 2 is 1.72 bits per heavy atom. The number of rotatable bonds is 8. The molecule has 2 nitrogen and oxygen atoms in total. The molecular formula is C16H24N2. The zero-order chi connectivity index (χ0) is 13.4. The highest BCUT2D eigenvalue weighted by Crippen LogP contribution is 2.23. The van der Waals surface area contributed by atoms with Gasteiger partial charge in [-0.05, 0) is 12.0 Å². The topological polar surface area (TPSA) is 29.3 Å². The molecular weight excluding hydrogens is 220 g/mol. The first-order chi connectivity index (χ1) is 8.66. The van der Waals surface area contributed by atoms with Crippen LogP contribution < -0.4 is 5.73 Å². The van der Waals surface area contributed by atoms with Crippen LogP contribution in [0.3, 0.4) is 0 Å². The van der Waals surface area contributed by atoms with Crippen LogP contribution in [-0.2, 0) is 5.54 Å². The van der Waals surface area contributed by atoms with Crippen molar-refractivity contribution >= 4 is 0 Å². The first kappa shape index (κ1) is 14.7. The van der Waals surface area contributed by atoms with Crippen LogP contribution in [0.1, 0.15) is 18.9 Å². The maximum atomic E-state index is 6.57. The standard InChI is InChI=1S/C16H24N2/c1-4-12-18(13-5-2)14-16(17,6-3)15-10-8-7-9-11-15/h4-5,7-11H,1-2,6,12-14,17H2,3H3. The number of nitrogens with zero attached hydrogens (tertiary/aromatic N) is 1. The molecule has 0 heterocycles. The molecule has 0 amide bonds. The third-order valence-electron chi connectivity index (χ3n) is 3.26. The summed E-state index contributed by atoms with van der Waals surface area (Å²) in [6.45, 7) is 12.2. The quantitative estimate of drug-likeness (QED) is 0.712. The second kappa shape index (κ2) is 7.14. The molecule has 1 rings (SSSR count). The molecule has 1 aromatic carbocycles. The van der Waals surface area contributed by atoms with Gasteiger partial charge in [-0.15, -0.1) is 13.2 Å². The number of benzene rings is 1. The van der Waals surface area contributed by atoms with Gasteiger partial charge in [0.2, 0.25) is 0 Å². The van der Waals surface area contributed by atoms with Crippen LogP contribution in [0.25, 0.3) is 0 Å². The molecule has 2 N–H and O–H groups in total. The van der Waals surface area contributed by atoms with E-state index in [2.05, 4.69) is 37.1 Å². The van der Waals surface area contributed by atoms with Crippen LogP contribution in [0, 0.1) is 0 Å². The molecule has 1 aromatic rings. The van der Waals surface area contributed by atoms with Gasteiger partial charge in [0.25, 0.3) is 0 Å². The molecule has 0 aliphatic rings. The Balaban J connectivity index is 2.86. The third-order valence-corrected chi connectivity index (χ3v) is 3.26. The number of hydrogen-bond acceptors (Lipinski definition) is 2. The fraction of sp³-hybridized carbons (Fsp3) is 0.375. The lowest BCUT2D eigenvalue weighted by Gasteiger charge is -2.34. The normalized spacial score (nSPS) is 14.2. The van der Waals surface area contributed by atoms with Crippen molar-refractivity contribution in [2.75, 3.05) is 19.6 Å². The van der Waals surface area contributed by atoms with E-state index in [-0.39, 0.29) is 5.54 Å². The number of hydrogen-bond donors (Lipinski definition) is 1. The summed E-state index contributed by atoms with van der Waals surface area (Å²) >= 11 is 0. The first-order valence-corrected chi connectivity index (χ1v) is 6.45. The molecule has 0 saturated heterocycles. The summed E-state index contributed by atoms with van der Waals surface area (Å²) in [7, 11) is 0. The van der Waals surface area contributed by atoms with E-state index in [9.17, 15) is 0 Å². The Labute approximate surface area is 111 Å². The average molecular weight is 244 g/mol. The van der Waals surface area contributed by atoms with Crippen molar-refractivity contribution in [3.63, 3.8) is 0 Å². The van der Waals surface area contributed by atoms with Crippen LogP contribution in [-0.4, -0.2) is 24.5 Å². The first-order valence-electron chi connectivity index (χ1n) is 6.45. The van der Waals surface area contributed by atoms with Crippen LogP contribution >= 0.6 is 0 Å². The molecule has 98 valence electrons. The van der Waals surface area contributed by atoms with E-state index < -0.39 is 0 Å². The van der Waals surface area contributed by atoms with E-state index in [4.69, 9.17) is 5.73 Å². The minimum atomic E-state index is -0.312. The van der Waals surface area contributed by atoms with Crippen molar-refractivity contribution in [2.24, 2.45) is 5.73 Å². The average Bonchev–Trinajstić information content (AvgIpc) is 2.40. The minimum absolute atomic E-state index is 0.312. The zero-order valence-electron chi connectivity index (χ0n) is 11.3. The highest BCUT2D eigenvalue weighted by atomic mass is 15.1. The maximum absolute atomic E-state index is 6.57. The van der Waals surface area contributed by atoms with Gasteiger partial charge in [0.15, 0.2) is 0 Å². The van der Waals surface area contributed by atoms with Crippen molar-refractivity contribution in [3.8, 4) is 0 Å². The summed E-state index contributed by atoms with van der Waals surface area (Å²) in [4.78, 5) is 2.26. The lowest BCUT2D eigenvalue weighted by atomic mass is 9.87. The molecule has 0 aliphatic carbocycles. The summed E-state index contributed by atoms with van der Waals surface area (Å²) in [6, 6.07) is 10.3. The van der Waals surface area contributed by atoms with Crippen molar-refractivity contribution in [3.05, 3.63) is 61.2 Å². The monoisotopic (exact) mass is 244 g/mol. The molecule has 0 spiro atoms. The molecule has 18 heavy (non-hydrogen) atoms. The van der Waals surface area contributed by atoms with Crippen LogP contribution in [0.5, 0.6) is 0 Å². The van der Waals surface area contributed by atoms with E-state index in [0.29, 0.717) is 0 Å². The second-order valence-electron chi connectivity index (χ2n) is 4.65. The van der Waals surface area contributed by atoms with E-state index >= 15 is 0 Å². The predicted octanol–water partition coefficient (Wildman–Crippen LogP) is 2.92. The van der Waals surface area contributed by atoms with Gasteiger partial charge in [0.05, 0.1) is 5.54 Å². The summed E-state index contributed by atoms with van der Waals surface area (Å²) in [5.74, 6) is 0. The van der Waals surface area contributed by atoms with Crippen molar-refractivity contribution in [1.29, 1.82) is 0 Å². The lowest BCUT2D eigenvalue weighted by molar-refractivity contribution is 0.239. The Kier molecular flexibility index (Phi) is 5.83. The van der Waals surface area contributed by atoms with E-state index in [1.54, 1.807) is 0 Å². The largest absolute Gasteiger partial charge is 0.320 e. The second-order valence-corrected chi connectivity index (χ2v) is 4.65. The van der Waals surface area contributed by atoms with Gasteiger partial charge < -0.3 is 5.73 Å². The van der Waals surface area contributed by atoms with Crippen LogP contribution in [0.15, 0.2) is 55.6 Å². The fourth-order valence-electron chi connectivity index (χ4n) is 2.15. The predicted molar refractivity (Wildman–Crippen MR) is 79.4 cm³/mol. The van der Waals surface area contributed by atoms with Gasteiger partial charge in [-0.25, -0.2) is 0 Å². The number of nitrogens with two attached hydrogens (primary N) is 1. The van der Waals surface area contributed by atoms with Gasteiger partial charge in [0, 0.05) is 19.6 Å². The van der Waals surface area contributed by atoms with Crippen molar-refractivity contribution in [1.82, 2.24) is 4.90 Å². The van der Waals surface area contributed by atoms with E-state index in [1.807, 2.05) is 30.4 Å². The van der Waals surface area contributed by atoms with Crippen molar-refractivity contribution in [2.45, 2.75) is 18.9 Å². The van der Waals surface area contributed by atoms with Crippen LogP contribution in [0.2, 0.25) is 0 Å². The summed E-state index contributed by atoms with van der Waals surface area (Å²) in [5, 5.41) is 0. The Bertz CT molecular complexity index is 362. The Hall–Kier alpha value is -1.38. The third kappa shape index (κ3) is 3.83.